The molecule has 1 unspecified atom stereocenters. The second-order valence-corrected chi connectivity index (χ2v) is 5.26. The van der Waals surface area contributed by atoms with Gasteiger partial charge in [-0.2, -0.15) is 0 Å². The van der Waals surface area contributed by atoms with Crippen molar-refractivity contribution in [3.8, 4) is 5.75 Å². The molecular formula is C14H19NO. The van der Waals surface area contributed by atoms with Crippen LogP contribution in [0.2, 0.25) is 0 Å². The van der Waals surface area contributed by atoms with E-state index in [1.807, 2.05) is 0 Å². The van der Waals surface area contributed by atoms with E-state index in [0.717, 1.165) is 24.3 Å². The van der Waals surface area contributed by atoms with Crippen molar-refractivity contribution in [3.05, 3.63) is 29.8 Å². The molecule has 0 spiro atoms. The Bertz CT molecular complexity index is 344. The van der Waals surface area contributed by atoms with Crippen molar-refractivity contribution in [2.45, 2.75) is 38.3 Å². The fraction of sp³-hybridized carbons (Fsp3) is 0.571. The molecule has 3 fully saturated rings. The number of hydrogen-bond donors (Lipinski definition) is 1. The van der Waals surface area contributed by atoms with Gasteiger partial charge >= 0.3 is 0 Å². The Kier molecular flexibility index (Phi) is 2.60. The zero-order valence-electron chi connectivity index (χ0n) is 9.78. The first-order chi connectivity index (χ1) is 7.79. The quantitative estimate of drug-likeness (QED) is 0.840. The van der Waals surface area contributed by atoms with Gasteiger partial charge in [0.2, 0.25) is 0 Å². The van der Waals surface area contributed by atoms with Gasteiger partial charge in [-0.1, -0.05) is 17.7 Å². The van der Waals surface area contributed by atoms with Gasteiger partial charge in [-0.3, -0.25) is 0 Å². The lowest BCUT2D eigenvalue weighted by Crippen LogP contribution is -2.55. The fourth-order valence-electron chi connectivity index (χ4n) is 2.82. The number of ether oxygens (including phenoxy) is 1. The minimum Gasteiger partial charge on any atom is -0.492 e. The molecule has 1 aromatic rings. The maximum Gasteiger partial charge on any atom is 0.119 e. The minimum absolute atomic E-state index is 0.568. The summed E-state index contributed by atoms with van der Waals surface area (Å²) < 4.78 is 5.81. The van der Waals surface area contributed by atoms with Crippen LogP contribution in [0, 0.1) is 12.8 Å². The van der Waals surface area contributed by atoms with Crippen LogP contribution in [-0.4, -0.2) is 18.7 Å². The molecule has 1 aliphatic carbocycles. The second kappa shape index (κ2) is 4.10. The Labute approximate surface area is 97.0 Å². The zero-order chi connectivity index (χ0) is 11.0. The van der Waals surface area contributed by atoms with Gasteiger partial charge in [0.15, 0.2) is 0 Å². The van der Waals surface area contributed by atoms with Gasteiger partial charge in [0.05, 0.1) is 0 Å². The molecule has 1 N–H and O–H groups in total. The summed E-state index contributed by atoms with van der Waals surface area (Å²) >= 11 is 0. The Hall–Kier alpha value is -1.02. The van der Waals surface area contributed by atoms with Crippen LogP contribution < -0.4 is 10.1 Å². The van der Waals surface area contributed by atoms with E-state index in [1.54, 1.807) is 0 Å². The van der Waals surface area contributed by atoms with E-state index in [9.17, 15) is 0 Å². The van der Waals surface area contributed by atoms with Crippen molar-refractivity contribution in [2.24, 2.45) is 5.92 Å². The molecule has 4 rings (SSSR count). The van der Waals surface area contributed by atoms with E-state index in [2.05, 4.69) is 36.5 Å². The highest BCUT2D eigenvalue weighted by Crippen LogP contribution is 2.36. The summed E-state index contributed by atoms with van der Waals surface area (Å²) in [7, 11) is 0. The molecule has 1 atom stereocenters. The average molecular weight is 217 g/mol. The van der Waals surface area contributed by atoms with Gasteiger partial charge in [0, 0.05) is 12.1 Å². The fourth-order valence-corrected chi connectivity index (χ4v) is 2.82. The highest BCUT2D eigenvalue weighted by molar-refractivity contribution is 5.26. The number of benzene rings is 1. The summed E-state index contributed by atoms with van der Waals surface area (Å²) in [6.07, 6.45) is 4.07. The molecule has 2 saturated heterocycles. The molecule has 0 aromatic heterocycles. The lowest BCUT2D eigenvalue weighted by Gasteiger charge is -2.46. The van der Waals surface area contributed by atoms with E-state index in [-0.39, 0.29) is 0 Å². The zero-order valence-corrected chi connectivity index (χ0v) is 9.78. The van der Waals surface area contributed by atoms with Crippen molar-refractivity contribution >= 4 is 0 Å². The second-order valence-electron chi connectivity index (χ2n) is 5.26. The average Bonchev–Trinajstić information content (AvgIpc) is 2.28. The first-order valence-corrected chi connectivity index (χ1v) is 6.25. The van der Waals surface area contributed by atoms with Crippen molar-refractivity contribution in [2.75, 3.05) is 6.61 Å². The summed E-state index contributed by atoms with van der Waals surface area (Å²) in [5, 5.41) is 3.64. The molecule has 0 radical (unpaired) electrons. The SMILES string of the molecule is Cc1ccc(OCC2CC3CC(C3)N2)cc1. The Morgan fingerprint density at radius 1 is 1.19 bits per heavy atom. The van der Waals surface area contributed by atoms with Gasteiger partial charge < -0.3 is 10.1 Å². The molecule has 2 nitrogen and oxygen atoms in total. The summed E-state index contributed by atoms with van der Waals surface area (Å²) in [6.45, 7) is 2.91. The van der Waals surface area contributed by atoms with Crippen LogP contribution in [0.3, 0.4) is 0 Å². The standard InChI is InChI=1S/C14H19NO/c1-10-2-4-14(5-3-10)16-9-13-8-11-6-12(7-11)15-13/h2-5,11-13,15H,6-9H2,1H3. The first kappa shape index (κ1) is 10.2. The molecular weight excluding hydrogens is 198 g/mol. The Morgan fingerprint density at radius 3 is 2.56 bits per heavy atom. The summed E-state index contributed by atoms with van der Waals surface area (Å²) in [5.74, 6) is 1.96. The number of piperidine rings is 2. The third-order valence-electron chi connectivity index (χ3n) is 3.80. The molecule has 2 heteroatoms. The predicted molar refractivity (Wildman–Crippen MR) is 64.7 cm³/mol. The third-order valence-corrected chi connectivity index (χ3v) is 3.80. The molecule has 16 heavy (non-hydrogen) atoms. The molecule has 1 aromatic carbocycles. The summed E-state index contributed by atoms with van der Waals surface area (Å²) in [6, 6.07) is 9.66. The van der Waals surface area contributed by atoms with Crippen molar-refractivity contribution in [1.29, 1.82) is 0 Å². The third kappa shape index (κ3) is 2.07. The normalized spacial score (nSPS) is 31.9. The summed E-state index contributed by atoms with van der Waals surface area (Å²) in [5.41, 5.74) is 1.28. The maximum absolute atomic E-state index is 5.81. The Morgan fingerprint density at radius 2 is 1.94 bits per heavy atom. The van der Waals surface area contributed by atoms with E-state index in [4.69, 9.17) is 4.74 Å². The number of aryl methyl sites for hydroxylation is 1. The van der Waals surface area contributed by atoms with Crippen LogP contribution in [0.5, 0.6) is 5.75 Å². The number of rotatable bonds is 3. The topological polar surface area (TPSA) is 21.3 Å². The van der Waals surface area contributed by atoms with Gasteiger partial charge in [-0.25, -0.2) is 0 Å². The van der Waals surface area contributed by atoms with Crippen LogP contribution in [0.15, 0.2) is 24.3 Å². The number of nitrogens with one attached hydrogen (secondary N) is 1. The lowest BCUT2D eigenvalue weighted by atomic mass is 9.72. The van der Waals surface area contributed by atoms with Crippen LogP contribution in [0.4, 0.5) is 0 Å². The van der Waals surface area contributed by atoms with Crippen LogP contribution >= 0.6 is 0 Å². The Balaban J connectivity index is 1.51. The predicted octanol–water partition coefficient (Wildman–Crippen LogP) is 2.51. The monoisotopic (exact) mass is 217 g/mol. The molecule has 2 bridgehead atoms. The van der Waals surface area contributed by atoms with Crippen molar-refractivity contribution in [1.82, 2.24) is 5.32 Å². The van der Waals surface area contributed by atoms with E-state index < -0.39 is 0 Å². The lowest BCUT2D eigenvalue weighted by molar-refractivity contribution is 0.0900. The molecule has 2 heterocycles. The minimum atomic E-state index is 0.568. The number of fused-ring (bicyclic) bond motifs is 2. The molecule has 3 aliphatic rings. The van der Waals surface area contributed by atoms with Gasteiger partial charge in [0.1, 0.15) is 12.4 Å². The highest BCUT2D eigenvalue weighted by Gasteiger charge is 2.37. The summed E-state index contributed by atoms with van der Waals surface area (Å²) in [4.78, 5) is 0. The molecule has 0 amide bonds. The van der Waals surface area contributed by atoms with Crippen molar-refractivity contribution < 1.29 is 4.74 Å². The first-order valence-electron chi connectivity index (χ1n) is 6.25. The maximum atomic E-state index is 5.81. The van der Waals surface area contributed by atoms with Crippen LogP contribution in [0.1, 0.15) is 24.8 Å². The van der Waals surface area contributed by atoms with E-state index >= 15 is 0 Å². The number of hydrogen-bond acceptors (Lipinski definition) is 2. The van der Waals surface area contributed by atoms with Crippen LogP contribution in [0.25, 0.3) is 0 Å². The van der Waals surface area contributed by atoms with Gasteiger partial charge in [-0.05, 0) is 44.2 Å². The van der Waals surface area contributed by atoms with Crippen molar-refractivity contribution in [3.63, 3.8) is 0 Å². The smallest absolute Gasteiger partial charge is 0.119 e. The van der Waals surface area contributed by atoms with Gasteiger partial charge in [0.25, 0.3) is 0 Å². The van der Waals surface area contributed by atoms with E-state index in [0.29, 0.717) is 6.04 Å². The van der Waals surface area contributed by atoms with Crippen LogP contribution in [-0.2, 0) is 0 Å². The molecule has 1 saturated carbocycles. The van der Waals surface area contributed by atoms with E-state index in [1.165, 1.54) is 24.8 Å². The van der Waals surface area contributed by atoms with Gasteiger partial charge in [-0.15, -0.1) is 0 Å². The largest absolute Gasteiger partial charge is 0.492 e. The highest BCUT2D eigenvalue weighted by atomic mass is 16.5. The molecule has 2 aliphatic heterocycles. The molecule has 86 valence electrons.